The Balaban J connectivity index is 1.22. The van der Waals surface area contributed by atoms with E-state index < -0.39 is 28.9 Å². The summed E-state index contributed by atoms with van der Waals surface area (Å²) in [6, 6.07) is 0. The quantitative estimate of drug-likeness (QED) is 0.171. The van der Waals surface area contributed by atoms with Crippen LogP contribution >= 0.6 is 0 Å². The van der Waals surface area contributed by atoms with E-state index in [9.17, 15) is 24.6 Å². The number of aliphatic carboxylic acids is 1. The second-order valence-corrected chi connectivity index (χ2v) is 19.9. The fourth-order valence-electron chi connectivity index (χ4n) is 13.0. The van der Waals surface area contributed by atoms with E-state index in [1.54, 1.807) is 13.8 Å². The first-order valence-corrected chi connectivity index (χ1v) is 20.7. The second kappa shape index (κ2) is 14.5. The van der Waals surface area contributed by atoms with Gasteiger partial charge in [-0.25, -0.2) is 0 Å². The summed E-state index contributed by atoms with van der Waals surface area (Å²) in [7, 11) is 2.00. The highest BCUT2D eigenvalue weighted by atomic mass is 16.5. The zero-order chi connectivity index (χ0) is 37.1. The van der Waals surface area contributed by atoms with Gasteiger partial charge in [-0.15, -0.1) is 0 Å². The number of hydrogen-bond acceptors (Lipinski definition) is 7. The Morgan fingerprint density at radius 2 is 1.73 bits per heavy atom. The molecule has 0 bridgehead atoms. The summed E-state index contributed by atoms with van der Waals surface area (Å²) < 4.78 is 6.14. The first-order valence-electron chi connectivity index (χ1n) is 20.7. The first-order chi connectivity index (χ1) is 24.0. The molecule has 8 unspecified atom stereocenters. The van der Waals surface area contributed by atoms with Crippen molar-refractivity contribution in [1.29, 1.82) is 0 Å². The van der Waals surface area contributed by atoms with E-state index >= 15 is 0 Å². The maximum atomic E-state index is 14.0. The lowest BCUT2D eigenvalue weighted by Crippen LogP contribution is -2.60. The summed E-state index contributed by atoms with van der Waals surface area (Å²) in [6.45, 7) is 18.2. The number of hydrogen-bond donors (Lipinski definition) is 3. The van der Waals surface area contributed by atoms with Gasteiger partial charge in [-0.1, -0.05) is 46.6 Å². The molecule has 6 aliphatic rings. The number of allylic oxidation sites excluding steroid dienone is 1. The van der Waals surface area contributed by atoms with Gasteiger partial charge in [0.2, 0.25) is 0 Å². The standard InChI is InChI=1S/C43H70N2O6/c1-26(2)37-32(46)22-43(34(47)25-45(21-20-44-8)24-27-10-9-11-27)19-16-28-29-13-15-33-41(5,6)35(51-36(48)23-40(3,4)39(49)50)17-18-42(33,7)31(29)14-12-30(28)38(37)43/h26-31,33-35,44,47H,9-25H2,1-8H3,(H,49,50)/t28?,29?,30?,31?,33?,34-,35?,42?,43?/m0/s1. The van der Waals surface area contributed by atoms with Crippen LogP contribution in [0.4, 0.5) is 0 Å². The molecule has 0 aromatic rings. The van der Waals surface area contributed by atoms with E-state index in [1.165, 1.54) is 24.8 Å². The van der Waals surface area contributed by atoms with Crippen LogP contribution in [-0.4, -0.2) is 78.3 Å². The van der Waals surface area contributed by atoms with Crippen LogP contribution in [0.5, 0.6) is 0 Å². The van der Waals surface area contributed by atoms with E-state index in [4.69, 9.17) is 4.74 Å². The SMILES string of the molecule is CNCCN(CC1CCC1)C[C@H](O)C12CCC3C(CCC4C3CCC3C(C)(C)C(OC(=O)CC(C)(C)C(=O)O)CCC43C)C1=C(C(C)C)C(=O)C2. The fraction of sp³-hybridized carbons (Fsp3) is 0.884. The Bertz CT molecular complexity index is 1370. The number of carboxylic acid groups (broad SMARTS) is 1. The van der Waals surface area contributed by atoms with Gasteiger partial charge in [-0.3, -0.25) is 19.3 Å². The number of carboxylic acids is 1. The van der Waals surface area contributed by atoms with Gasteiger partial charge in [0.25, 0.3) is 0 Å². The first kappa shape index (κ1) is 38.9. The van der Waals surface area contributed by atoms with Crippen molar-refractivity contribution in [1.82, 2.24) is 10.2 Å². The number of ether oxygens (including phenoxy) is 1. The van der Waals surface area contributed by atoms with Crippen LogP contribution < -0.4 is 5.32 Å². The van der Waals surface area contributed by atoms with Crippen LogP contribution in [-0.2, 0) is 19.1 Å². The molecule has 0 saturated heterocycles. The molecule has 0 spiro atoms. The molecule has 0 aromatic carbocycles. The van der Waals surface area contributed by atoms with Crippen molar-refractivity contribution in [2.24, 2.45) is 63.1 Å². The molecule has 0 aromatic heterocycles. The third kappa shape index (κ3) is 6.90. The zero-order valence-corrected chi connectivity index (χ0v) is 33.2. The molecule has 5 saturated carbocycles. The Kier molecular flexibility index (Phi) is 11.0. The third-order valence-corrected chi connectivity index (χ3v) is 15.9. The van der Waals surface area contributed by atoms with Gasteiger partial charge in [0.15, 0.2) is 5.78 Å². The van der Waals surface area contributed by atoms with Crippen LogP contribution in [0.15, 0.2) is 11.1 Å². The zero-order valence-electron chi connectivity index (χ0n) is 33.2. The summed E-state index contributed by atoms with van der Waals surface area (Å²) in [5.74, 6) is 2.35. The van der Waals surface area contributed by atoms with Crippen LogP contribution in [0, 0.1) is 63.1 Å². The van der Waals surface area contributed by atoms with Crippen molar-refractivity contribution in [3.05, 3.63) is 11.1 Å². The van der Waals surface area contributed by atoms with Gasteiger partial charge in [-0.05, 0) is 138 Å². The molecule has 0 aliphatic heterocycles. The third-order valence-electron chi connectivity index (χ3n) is 15.9. The van der Waals surface area contributed by atoms with Crippen molar-refractivity contribution < 1.29 is 29.3 Å². The molecule has 0 heterocycles. The average molecular weight is 711 g/mol. The Morgan fingerprint density at radius 3 is 2.35 bits per heavy atom. The maximum absolute atomic E-state index is 14.0. The number of esters is 1. The number of Topliss-reactive ketones (excluding diaryl/α,β-unsaturated/α-hetero) is 1. The van der Waals surface area contributed by atoms with E-state index in [2.05, 4.69) is 44.8 Å². The lowest BCUT2D eigenvalue weighted by atomic mass is 9.40. The van der Waals surface area contributed by atoms with Gasteiger partial charge >= 0.3 is 11.9 Å². The van der Waals surface area contributed by atoms with Crippen molar-refractivity contribution in [2.45, 2.75) is 144 Å². The highest BCUT2D eigenvalue weighted by Crippen LogP contribution is 2.69. The van der Waals surface area contributed by atoms with Crippen LogP contribution in [0.2, 0.25) is 0 Å². The molecule has 6 rings (SSSR count). The summed E-state index contributed by atoms with van der Waals surface area (Å²) in [5.41, 5.74) is 0.790. The number of aliphatic hydroxyl groups is 1. The fourth-order valence-corrected chi connectivity index (χ4v) is 13.0. The summed E-state index contributed by atoms with van der Waals surface area (Å²) in [4.78, 5) is 41.2. The number of nitrogens with one attached hydrogen (secondary N) is 1. The summed E-state index contributed by atoms with van der Waals surface area (Å²) in [5, 5.41) is 25.3. The van der Waals surface area contributed by atoms with E-state index in [0.29, 0.717) is 48.3 Å². The van der Waals surface area contributed by atoms with Crippen molar-refractivity contribution in [3.63, 3.8) is 0 Å². The number of aliphatic hydroxyl groups excluding tert-OH is 1. The van der Waals surface area contributed by atoms with Crippen molar-refractivity contribution in [3.8, 4) is 0 Å². The minimum absolute atomic E-state index is 0.119. The largest absolute Gasteiger partial charge is 0.481 e. The minimum Gasteiger partial charge on any atom is -0.481 e. The Labute approximate surface area is 308 Å². The van der Waals surface area contributed by atoms with Gasteiger partial charge in [0.05, 0.1) is 17.9 Å². The molecule has 0 amide bonds. The minimum atomic E-state index is -1.15. The molecule has 0 radical (unpaired) electrons. The summed E-state index contributed by atoms with van der Waals surface area (Å²) >= 11 is 0. The highest BCUT2D eigenvalue weighted by molar-refractivity contribution is 6.00. The predicted molar refractivity (Wildman–Crippen MR) is 200 cm³/mol. The average Bonchev–Trinajstić information content (AvgIpc) is 3.36. The molecule has 9 atom stereocenters. The van der Waals surface area contributed by atoms with Gasteiger partial charge in [-0.2, -0.15) is 0 Å². The molecule has 8 nitrogen and oxygen atoms in total. The van der Waals surface area contributed by atoms with Crippen molar-refractivity contribution >= 4 is 17.7 Å². The molecular formula is C43H70N2O6. The highest BCUT2D eigenvalue weighted by Gasteiger charge is 2.64. The summed E-state index contributed by atoms with van der Waals surface area (Å²) in [6.07, 6.45) is 11.9. The molecule has 51 heavy (non-hydrogen) atoms. The number of nitrogens with zero attached hydrogens (tertiary/aromatic N) is 1. The van der Waals surface area contributed by atoms with E-state index in [0.717, 1.165) is 82.5 Å². The Hall–Kier alpha value is -1.77. The van der Waals surface area contributed by atoms with E-state index in [-0.39, 0.29) is 29.3 Å². The number of likely N-dealkylation sites (N-methyl/N-ethyl adjacent to an activating group) is 1. The molecular weight excluding hydrogens is 640 g/mol. The number of fused-ring (bicyclic) bond motifs is 7. The van der Waals surface area contributed by atoms with Gasteiger partial charge < -0.3 is 20.3 Å². The number of ketones is 1. The number of rotatable bonds is 13. The smallest absolute Gasteiger partial charge is 0.309 e. The van der Waals surface area contributed by atoms with Gasteiger partial charge in [0.1, 0.15) is 6.10 Å². The van der Waals surface area contributed by atoms with Crippen molar-refractivity contribution in [2.75, 3.05) is 33.2 Å². The number of carbonyl (C=O) groups excluding carboxylic acids is 2. The lowest BCUT2D eigenvalue weighted by molar-refractivity contribution is -0.196. The second-order valence-electron chi connectivity index (χ2n) is 19.9. The number of carbonyl (C=O) groups is 3. The molecule has 3 N–H and O–H groups in total. The van der Waals surface area contributed by atoms with Crippen LogP contribution in [0.1, 0.15) is 132 Å². The maximum Gasteiger partial charge on any atom is 0.309 e. The van der Waals surface area contributed by atoms with Gasteiger partial charge in [0, 0.05) is 43.4 Å². The molecule has 6 aliphatic carbocycles. The molecule has 5 fully saturated rings. The molecule has 288 valence electrons. The topological polar surface area (TPSA) is 116 Å². The van der Waals surface area contributed by atoms with Crippen LogP contribution in [0.25, 0.3) is 0 Å². The van der Waals surface area contributed by atoms with E-state index in [1.807, 2.05) is 7.05 Å². The normalized spacial score (nSPS) is 37.0. The Morgan fingerprint density at radius 1 is 1.00 bits per heavy atom. The predicted octanol–water partition coefficient (Wildman–Crippen LogP) is 7.28. The lowest BCUT2D eigenvalue weighted by Gasteiger charge is -2.65. The monoisotopic (exact) mass is 711 g/mol. The van der Waals surface area contributed by atoms with Crippen LogP contribution in [0.3, 0.4) is 0 Å². The molecule has 8 heteroatoms.